The van der Waals surface area contributed by atoms with Crippen molar-refractivity contribution >= 4 is 45.1 Å². The number of carbonyl (C=O) groups excluding carboxylic acids is 1. The summed E-state index contributed by atoms with van der Waals surface area (Å²) in [4.78, 5) is 15.5. The highest BCUT2D eigenvalue weighted by Gasteiger charge is 2.23. The van der Waals surface area contributed by atoms with Crippen LogP contribution in [-0.2, 0) is 0 Å². The van der Waals surface area contributed by atoms with Gasteiger partial charge in [0.1, 0.15) is 11.2 Å². The molecule has 2 aromatic carbocycles. The van der Waals surface area contributed by atoms with E-state index in [4.69, 9.17) is 21.8 Å². The summed E-state index contributed by atoms with van der Waals surface area (Å²) in [5.74, 6) is 0.344. The van der Waals surface area contributed by atoms with Gasteiger partial charge in [-0.3, -0.25) is 4.79 Å². The first-order valence-electron chi connectivity index (χ1n) is 10.5. The number of hydrogen-bond donors (Lipinski definition) is 2. The number of nitrogens with two attached hydrogens (primary N) is 1. The number of anilines is 1. The van der Waals surface area contributed by atoms with Crippen LogP contribution in [-0.4, -0.2) is 37.0 Å². The third-order valence-electron chi connectivity index (χ3n) is 5.97. The lowest BCUT2D eigenvalue weighted by molar-refractivity contribution is 0.0936. The molecule has 3 N–H and O–H groups in total. The first kappa shape index (κ1) is 20.0. The van der Waals surface area contributed by atoms with Gasteiger partial charge in [-0.1, -0.05) is 43.1 Å². The Morgan fingerprint density at radius 2 is 2.07 bits per heavy atom. The number of benzene rings is 2. The van der Waals surface area contributed by atoms with Crippen LogP contribution in [0.25, 0.3) is 21.9 Å². The number of halogens is 1. The largest absolute Gasteiger partial charge is 0.455 e. The molecule has 1 aliphatic rings. The molecule has 154 valence electrons. The summed E-state index contributed by atoms with van der Waals surface area (Å²) in [6.45, 7) is 6.31. The molecule has 0 spiro atoms. The monoisotopic (exact) mass is 413 g/mol. The second-order valence-corrected chi connectivity index (χ2v) is 8.38. The van der Waals surface area contributed by atoms with E-state index in [-0.39, 0.29) is 5.91 Å². The van der Waals surface area contributed by atoms with E-state index < -0.39 is 0 Å². The molecule has 1 saturated heterocycles. The zero-order chi connectivity index (χ0) is 20.4. The van der Waals surface area contributed by atoms with Crippen molar-refractivity contribution in [3.05, 3.63) is 40.9 Å². The van der Waals surface area contributed by atoms with Gasteiger partial charge < -0.3 is 20.4 Å². The maximum absolute atomic E-state index is 13.0. The summed E-state index contributed by atoms with van der Waals surface area (Å²) in [5.41, 5.74) is 8.29. The molecule has 2 heterocycles. The number of amides is 1. The Kier molecular flexibility index (Phi) is 5.97. The molecule has 0 saturated carbocycles. The van der Waals surface area contributed by atoms with Gasteiger partial charge in [-0.25, -0.2) is 0 Å². The van der Waals surface area contributed by atoms with Crippen LogP contribution < -0.4 is 11.1 Å². The molecular formula is C23H28ClN3O2. The SMILES string of the molecule is CCCCN1CCC(CNC(=O)c2cc(Cl)c(N)c3c2oc2ccccc23)CC1. The lowest BCUT2D eigenvalue weighted by Gasteiger charge is -2.31. The first-order valence-corrected chi connectivity index (χ1v) is 10.9. The molecule has 3 aromatic rings. The van der Waals surface area contributed by atoms with Gasteiger partial charge in [-0.2, -0.15) is 0 Å². The van der Waals surface area contributed by atoms with Crippen LogP contribution in [0.1, 0.15) is 43.0 Å². The lowest BCUT2D eigenvalue weighted by atomic mass is 9.96. The van der Waals surface area contributed by atoms with Crippen molar-refractivity contribution in [1.29, 1.82) is 0 Å². The Morgan fingerprint density at radius 1 is 1.31 bits per heavy atom. The number of nitrogens with one attached hydrogen (secondary N) is 1. The molecule has 0 bridgehead atoms. The van der Waals surface area contributed by atoms with Crippen LogP contribution in [0.15, 0.2) is 34.7 Å². The van der Waals surface area contributed by atoms with Gasteiger partial charge in [0.05, 0.1) is 21.7 Å². The van der Waals surface area contributed by atoms with Gasteiger partial charge in [0, 0.05) is 11.9 Å². The predicted octanol–water partition coefficient (Wildman–Crippen LogP) is 5.06. The van der Waals surface area contributed by atoms with E-state index >= 15 is 0 Å². The summed E-state index contributed by atoms with van der Waals surface area (Å²) < 4.78 is 5.98. The number of likely N-dealkylation sites (tertiary alicyclic amines) is 1. The van der Waals surface area contributed by atoms with E-state index in [1.54, 1.807) is 6.07 Å². The van der Waals surface area contributed by atoms with Gasteiger partial charge in [0.15, 0.2) is 0 Å². The zero-order valence-electron chi connectivity index (χ0n) is 16.8. The van der Waals surface area contributed by atoms with Crippen molar-refractivity contribution in [2.45, 2.75) is 32.6 Å². The quantitative estimate of drug-likeness (QED) is 0.554. The van der Waals surface area contributed by atoms with Crippen LogP contribution in [0.4, 0.5) is 5.69 Å². The van der Waals surface area contributed by atoms with Crippen LogP contribution in [0.5, 0.6) is 0 Å². The van der Waals surface area contributed by atoms with Crippen LogP contribution >= 0.6 is 11.6 Å². The van der Waals surface area contributed by atoms with Crippen molar-refractivity contribution in [2.75, 3.05) is 31.9 Å². The van der Waals surface area contributed by atoms with Crippen molar-refractivity contribution in [2.24, 2.45) is 5.92 Å². The average molecular weight is 414 g/mol. The molecule has 1 aromatic heterocycles. The molecule has 4 rings (SSSR count). The number of piperidine rings is 1. The number of para-hydroxylation sites is 1. The highest BCUT2D eigenvalue weighted by atomic mass is 35.5. The Labute approximate surface area is 176 Å². The third-order valence-corrected chi connectivity index (χ3v) is 6.28. The second-order valence-electron chi connectivity index (χ2n) is 7.97. The molecule has 1 aliphatic heterocycles. The average Bonchev–Trinajstić information content (AvgIpc) is 3.13. The van der Waals surface area contributed by atoms with Gasteiger partial charge in [0.2, 0.25) is 0 Å². The van der Waals surface area contributed by atoms with Gasteiger partial charge in [0.25, 0.3) is 5.91 Å². The highest BCUT2D eigenvalue weighted by Crippen LogP contribution is 2.38. The number of nitrogen functional groups attached to an aromatic ring is 1. The molecule has 0 atom stereocenters. The van der Waals surface area contributed by atoms with Crippen molar-refractivity contribution in [3.63, 3.8) is 0 Å². The van der Waals surface area contributed by atoms with E-state index in [9.17, 15) is 4.79 Å². The minimum atomic E-state index is -0.163. The molecule has 1 amide bonds. The fraction of sp³-hybridized carbons (Fsp3) is 0.435. The highest BCUT2D eigenvalue weighted by molar-refractivity contribution is 6.36. The summed E-state index contributed by atoms with van der Waals surface area (Å²) in [5, 5.41) is 5.05. The van der Waals surface area contributed by atoms with Crippen molar-refractivity contribution in [3.8, 4) is 0 Å². The number of hydrogen-bond acceptors (Lipinski definition) is 4. The Hall–Kier alpha value is -2.24. The molecule has 5 nitrogen and oxygen atoms in total. The molecule has 0 radical (unpaired) electrons. The van der Waals surface area contributed by atoms with Gasteiger partial charge in [-0.05, 0) is 56.9 Å². The Bertz CT molecular complexity index is 1020. The van der Waals surface area contributed by atoms with Crippen molar-refractivity contribution < 1.29 is 9.21 Å². The topological polar surface area (TPSA) is 71.5 Å². The minimum Gasteiger partial charge on any atom is -0.455 e. The van der Waals surface area contributed by atoms with Crippen LogP contribution in [0, 0.1) is 5.92 Å². The number of rotatable bonds is 6. The summed E-state index contributed by atoms with van der Waals surface area (Å²) in [7, 11) is 0. The molecule has 29 heavy (non-hydrogen) atoms. The second kappa shape index (κ2) is 8.64. The van der Waals surface area contributed by atoms with Crippen LogP contribution in [0.2, 0.25) is 5.02 Å². The lowest BCUT2D eigenvalue weighted by Crippen LogP contribution is -2.39. The van der Waals surface area contributed by atoms with Crippen LogP contribution in [0.3, 0.4) is 0 Å². The fourth-order valence-electron chi connectivity index (χ4n) is 4.19. The summed E-state index contributed by atoms with van der Waals surface area (Å²) >= 11 is 6.35. The third kappa shape index (κ3) is 4.07. The summed E-state index contributed by atoms with van der Waals surface area (Å²) in [6.07, 6.45) is 4.72. The van der Waals surface area contributed by atoms with E-state index in [1.807, 2.05) is 24.3 Å². The standard InChI is InChI=1S/C23H28ClN3O2/c1-2-3-10-27-11-8-15(9-12-27)14-26-23(28)17-13-18(24)21(25)20-16-6-4-5-7-19(16)29-22(17)20/h4-7,13,15H,2-3,8-12,14,25H2,1H3,(H,26,28). The normalized spacial score (nSPS) is 15.9. The van der Waals surface area contributed by atoms with E-state index in [1.165, 1.54) is 19.4 Å². The number of fused-ring (bicyclic) bond motifs is 3. The van der Waals surface area contributed by atoms with Gasteiger partial charge in [-0.15, -0.1) is 0 Å². The Balaban J connectivity index is 1.49. The smallest absolute Gasteiger partial charge is 0.255 e. The number of furan rings is 1. The first-order chi connectivity index (χ1) is 14.1. The summed E-state index contributed by atoms with van der Waals surface area (Å²) in [6, 6.07) is 9.24. The zero-order valence-corrected chi connectivity index (χ0v) is 17.6. The molecular weight excluding hydrogens is 386 g/mol. The van der Waals surface area contributed by atoms with E-state index in [0.29, 0.717) is 45.3 Å². The Morgan fingerprint density at radius 3 is 2.83 bits per heavy atom. The predicted molar refractivity (Wildman–Crippen MR) is 120 cm³/mol. The number of carbonyl (C=O) groups is 1. The maximum Gasteiger partial charge on any atom is 0.255 e. The van der Waals surface area contributed by atoms with E-state index in [2.05, 4.69) is 17.1 Å². The molecule has 0 aliphatic carbocycles. The fourth-order valence-corrected chi connectivity index (χ4v) is 4.39. The molecule has 6 heteroatoms. The van der Waals surface area contributed by atoms with Crippen molar-refractivity contribution in [1.82, 2.24) is 10.2 Å². The van der Waals surface area contributed by atoms with E-state index in [0.717, 1.165) is 31.3 Å². The molecule has 0 unspecified atom stereocenters. The molecule has 1 fully saturated rings. The van der Waals surface area contributed by atoms with Gasteiger partial charge >= 0.3 is 0 Å². The number of nitrogens with zero attached hydrogens (tertiary/aromatic N) is 1. The minimum absolute atomic E-state index is 0.163. The number of unbranched alkanes of at least 4 members (excludes halogenated alkanes) is 1. The maximum atomic E-state index is 13.0.